The topological polar surface area (TPSA) is 83.5 Å². The van der Waals surface area contributed by atoms with Gasteiger partial charge in [-0.2, -0.15) is 0 Å². The Morgan fingerprint density at radius 1 is 1.18 bits per heavy atom. The molecule has 0 bridgehead atoms. The average molecular weight is 304 g/mol. The first kappa shape index (κ1) is 17.3. The number of ether oxygens (including phenoxy) is 2. The summed E-state index contributed by atoms with van der Waals surface area (Å²) in [5.74, 6) is 4.78. The third-order valence-corrected chi connectivity index (χ3v) is 2.69. The molecule has 0 fully saturated rings. The number of pyridine rings is 1. The maximum absolute atomic E-state index is 11.8. The van der Waals surface area contributed by atoms with Crippen molar-refractivity contribution in [2.75, 3.05) is 13.0 Å². The van der Waals surface area contributed by atoms with E-state index in [1.54, 1.807) is 0 Å². The Kier molecular flexibility index (Phi) is 6.69. The molecule has 118 valence electrons. The molecule has 0 aliphatic rings. The van der Waals surface area contributed by atoms with E-state index in [2.05, 4.69) is 4.74 Å². The number of methoxy groups -OCH3 is 1. The standard InChI is InChI=1S/C14H14N2O4.C2H6/c1-19-14(18)12-13(11(17)7-8-16(12)15)20-9-10-5-3-2-4-6-10;1-2/h2-8H,9,15H2,1H3;1-2H3. The number of hydrogen-bond acceptors (Lipinski definition) is 5. The Morgan fingerprint density at radius 2 is 1.82 bits per heavy atom. The van der Waals surface area contributed by atoms with E-state index in [9.17, 15) is 9.59 Å². The summed E-state index contributed by atoms with van der Waals surface area (Å²) in [6.07, 6.45) is 1.28. The second kappa shape index (κ2) is 8.51. The zero-order valence-corrected chi connectivity index (χ0v) is 12.9. The molecule has 22 heavy (non-hydrogen) atoms. The van der Waals surface area contributed by atoms with Crippen LogP contribution in [0.5, 0.6) is 5.75 Å². The first-order chi connectivity index (χ1) is 10.6. The summed E-state index contributed by atoms with van der Waals surface area (Å²) in [7, 11) is 1.21. The van der Waals surface area contributed by atoms with Crippen molar-refractivity contribution < 1.29 is 14.3 Å². The van der Waals surface area contributed by atoms with Gasteiger partial charge in [0.25, 0.3) is 0 Å². The van der Waals surface area contributed by atoms with Crippen molar-refractivity contribution in [3.63, 3.8) is 0 Å². The molecule has 1 heterocycles. The first-order valence-electron chi connectivity index (χ1n) is 6.89. The summed E-state index contributed by atoms with van der Waals surface area (Å²) in [4.78, 5) is 23.5. The SMILES string of the molecule is CC.COC(=O)c1c(OCc2ccccc2)c(=O)ccn1N. The maximum atomic E-state index is 11.8. The molecular formula is C16H20N2O4. The number of carbonyl (C=O) groups excluding carboxylic acids is 1. The summed E-state index contributed by atoms with van der Waals surface area (Å²) in [6.45, 7) is 4.16. The lowest BCUT2D eigenvalue weighted by Gasteiger charge is -2.12. The number of esters is 1. The minimum absolute atomic E-state index is 0.115. The highest BCUT2D eigenvalue weighted by atomic mass is 16.5. The average Bonchev–Trinajstić information content (AvgIpc) is 2.57. The fraction of sp³-hybridized carbons (Fsp3) is 0.250. The summed E-state index contributed by atoms with van der Waals surface area (Å²) < 4.78 is 11.1. The van der Waals surface area contributed by atoms with Gasteiger partial charge in [0.1, 0.15) is 6.61 Å². The van der Waals surface area contributed by atoms with Crippen LogP contribution in [0.2, 0.25) is 0 Å². The van der Waals surface area contributed by atoms with Gasteiger partial charge < -0.3 is 15.3 Å². The highest BCUT2D eigenvalue weighted by molar-refractivity contribution is 5.90. The molecule has 0 saturated carbocycles. The van der Waals surface area contributed by atoms with Crippen molar-refractivity contribution in [2.45, 2.75) is 20.5 Å². The van der Waals surface area contributed by atoms with E-state index < -0.39 is 11.4 Å². The monoisotopic (exact) mass is 304 g/mol. The van der Waals surface area contributed by atoms with Crippen molar-refractivity contribution in [3.8, 4) is 5.75 Å². The lowest BCUT2D eigenvalue weighted by molar-refractivity contribution is 0.0583. The summed E-state index contributed by atoms with van der Waals surface area (Å²) >= 11 is 0. The van der Waals surface area contributed by atoms with E-state index in [4.69, 9.17) is 10.6 Å². The minimum Gasteiger partial charge on any atom is -0.482 e. The van der Waals surface area contributed by atoms with E-state index in [0.29, 0.717) is 0 Å². The van der Waals surface area contributed by atoms with Gasteiger partial charge in [0.2, 0.25) is 5.43 Å². The lowest BCUT2D eigenvalue weighted by Crippen LogP contribution is -2.25. The Bertz CT molecular complexity index is 666. The van der Waals surface area contributed by atoms with Gasteiger partial charge in [0, 0.05) is 12.3 Å². The maximum Gasteiger partial charge on any atom is 0.360 e. The third kappa shape index (κ3) is 4.12. The van der Waals surface area contributed by atoms with Gasteiger partial charge in [0.15, 0.2) is 11.4 Å². The van der Waals surface area contributed by atoms with Gasteiger partial charge in [0.05, 0.1) is 7.11 Å². The molecule has 6 heteroatoms. The molecule has 2 aromatic rings. The van der Waals surface area contributed by atoms with E-state index in [0.717, 1.165) is 10.2 Å². The fourth-order valence-electron chi connectivity index (χ4n) is 1.70. The van der Waals surface area contributed by atoms with Gasteiger partial charge in [-0.15, -0.1) is 0 Å². The fourth-order valence-corrected chi connectivity index (χ4v) is 1.70. The minimum atomic E-state index is -0.728. The molecule has 0 unspecified atom stereocenters. The number of aromatic nitrogens is 1. The number of nitrogen functional groups attached to an aromatic ring is 1. The molecular weight excluding hydrogens is 284 g/mol. The van der Waals surface area contributed by atoms with Crippen LogP contribution in [0.25, 0.3) is 0 Å². The first-order valence-corrected chi connectivity index (χ1v) is 6.89. The van der Waals surface area contributed by atoms with E-state index in [1.165, 1.54) is 19.4 Å². The van der Waals surface area contributed by atoms with Crippen molar-refractivity contribution in [1.82, 2.24) is 4.68 Å². The zero-order chi connectivity index (χ0) is 16.5. The molecule has 1 aromatic heterocycles. The number of benzene rings is 1. The van der Waals surface area contributed by atoms with Crippen LogP contribution in [-0.2, 0) is 11.3 Å². The molecule has 1 aromatic carbocycles. The van der Waals surface area contributed by atoms with Gasteiger partial charge in [-0.05, 0) is 5.56 Å². The van der Waals surface area contributed by atoms with Crippen molar-refractivity contribution in [2.24, 2.45) is 0 Å². The van der Waals surface area contributed by atoms with Crippen LogP contribution >= 0.6 is 0 Å². The molecule has 0 aliphatic carbocycles. The molecule has 0 radical (unpaired) electrons. The number of rotatable bonds is 4. The Morgan fingerprint density at radius 3 is 2.41 bits per heavy atom. The third-order valence-electron chi connectivity index (χ3n) is 2.69. The van der Waals surface area contributed by atoms with Crippen LogP contribution in [0, 0.1) is 0 Å². The second-order valence-electron chi connectivity index (χ2n) is 4.03. The lowest BCUT2D eigenvalue weighted by atomic mass is 10.2. The smallest absolute Gasteiger partial charge is 0.360 e. The summed E-state index contributed by atoms with van der Waals surface area (Å²) in [6, 6.07) is 10.5. The molecule has 0 saturated heterocycles. The molecule has 2 N–H and O–H groups in total. The molecule has 0 spiro atoms. The summed E-state index contributed by atoms with van der Waals surface area (Å²) in [5, 5.41) is 0. The highest BCUT2D eigenvalue weighted by Gasteiger charge is 2.20. The van der Waals surface area contributed by atoms with E-state index in [1.807, 2.05) is 44.2 Å². The molecule has 6 nitrogen and oxygen atoms in total. The number of carbonyl (C=O) groups is 1. The second-order valence-corrected chi connectivity index (χ2v) is 4.03. The van der Waals surface area contributed by atoms with E-state index >= 15 is 0 Å². The van der Waals surface area contributed by atoms with Crippen molar-refractivity contribution in [3.05, 3.63) is 64.1 Å². The quantitative estimate of drug-likeness (QED) is 0.689. The van der Waals surface area contributed by atoms with Crippen LogP contribution in [0.15, 0.2) is 47.4 Å². The molecule has 0 aliphatic heterocycles. The van der Waals surface area contributed by atoms with Gasteiger partial charge >= 0.3 is 5.97 Å². The predicted octanol–water partition coefficient (Wildman–Crippen LogP) is 1.95. The number of hydrogen-bond donors (Lipinski definition) is 1. The van der Waals surface area contributed by atoms with E-state index in [-0.39, 0.29) is 18.1 Å². The highest BCUT2D eigenvalue weighted by Crippen LogP contribution is 2.14. The zero-order valence-electron chi connectivity index (χ0n) is 12.9. The van der Waals surface area contributed by atoms with Gasteiger partial charge in [-0.3, -0.25) is 9.47 Å². The summed E-state index contributed by atoms with van der Waals surface area (Å²) in [5.41, 5.74) is 0.328. The molecule has 0 atom stereocenters. The van der Waals surface area contributed by atoms with Crippen LogP contribution < -0.4 is 16.0 Å². The molecule has 0 amide bonds. The van der Waals surface area contributed by atoms with Crippen LogP contribution in [0.1, 0.15) is 29.9 Å². The molecule has 2 rings (SSSR count). The number of nitrogens with two attached hydrogens (primary N) is 1. The largest absolute Gasteiger partial charge is 0.482 e. The van der Waals surface area contributed by atoms with Crippen LogP contribution in [0.4, 0.5) is 0 Å². The van der Waals surface area contributed by atoms with Crippen molar-refractivity contribution in [1.29, 1.82) is 0 Å². The number of nitrogens with zero attached hydrogens (tertiary/aromatic N) is 1. The van der Waals surface area contributed by atoms with Crippen LogP contribution in [-0.4, -0.2) is 17.8 Å². The predicted molar refractivity (Wildman–Crippen MR) is 84.3 cm³/mol. The Labute approximate surface area is 129 Å². The Hall–Kier alpha value is -2.76. The normalized spacial score (nSPS) is 9.41. The van der Waals surface area contributed by atoms with Crippen LogP contribution in [0.3, 0.4) is 0 Å². The Balaban J connectivity index is 0.00000116. The van der Waals surface area contributed by atoms with Crippen molar-refractivity contribution >= 4 is 5.97 Å². The van der Waals surface area contributed by atoms with Gasteiger partial charge in [-0.25, -0.2) is 4.79 Å². The van der Waals surface area contributed by atoms with Gasteiger partial charge in [-0.1, -0.05) is 44.2 Å².